The third-order valence-electron chi connectivity index (χ3n) is 4.00. The molecule has 0 saturated heterocycles. The minimum Gasteiger partial charge on any atom is -0.464 e. The van der Waals surface area contributed by atoms with E-state index < -0.39 is 0 Å². The Morgan fingerprint density at radius 1 is 1.11 bits per heavy atom. The van der Waals surface area contributed by atoms with E-state index in [0.29, 0.717) is 5.11 Å². The van der Waals surface area contributed by atoms with Gasteiger partial charge in [0.1, 0.15) is 11.5 Å². The number of thiocarbonyl (C=S) groups is 1. The lowest BCUT2D eigenvalue weighted by molar-refractivity contribution is 0.344. The molecule has 0 aliphatic heterocycles. The molecule has 6 heteroatoms. The fourth-order valence-electron chi connectivity index (χ4n) is 2.62. The molecule has 4 nitrogen and oxygen atoms in total. The van der Waals surface area contributed by atoms with Crippen LogP contribution in [0.25, 0.3) is 0 Å². The first-order chi connectivity index (χ1) is 13.1. The van der Waals surface area contributed by atoms with Gasteiger partial charge in [0.05, 0.1) is 12.3 Å². The van der Waals surface area contributed by atoms with Crippen LogP contribution in [0.1, 0.15) is 36.8 Å². The molecule has 0 bridgehead atoms. The second kappa shape index (κ2) is 12.1. The molecule has 0 aliphatic rings. The lowest BCUT2D eigenvalue weighted by Crippen LogP contribution is -2.30. The second-order valence-corrected chi connectivity index (χ2v) is 8.35. The summed E-state index contributed by atoms with van der Waals surface area (Å²) in [5.74, 6) is 3.90. The largest absolute Gasteiger partial charge is 0.464 e. The zero-order valence-corrected chi connectivity index (χ0v) is 18.2. The van der Waals surface area contributed by atoms with Crippen molar-refractivity contribution in [2.45, 2.75) is 38.5 Å². The summed E-state index contributed by atoms with van der Waals surface area (Å²) in [5, 5.41) is 7.17. The molecule has 0 unspecified atom stereocenters. The average Bonchev–Trinajstić information content (AvgIpc) is 3.07. The molecule has 1 heterocycles. The van der Waals surface area contributed by atoms with E-state index in [1.54, 1.807) is 0 Å². The molecule has 0 atom stereocenters. The van der Waals surface area contributed by atoms with Gasteiger partial charge in [-0.3, -0.25) is 0 Å². The summed E-state index contributed by atoms with van der Waals surface area (Å²) in [6.07, 6.45) is 3.60. The average molecular weight is 406 g/mol. The van der Waals surface area contributed by atoms with Crippen LogP contribution >= 0.6 is 24.0 Å². The normalized spacial score (nSPS) is 11.0. The Kier molecular flexibility index (Phi) is 9.73. The molecule has 2 N–H and O–H groups in total. The van der Waals surface area contributed by atoms with Gasteiger partial charge in [-0.05, 0) is 69.0 Å². The van der Waals surface area contributed by atoms with Gasteiger partial charge in [-0.1, -0.05) is 25.5 Å². The number of nitrogens with zero attached hydrogens (tertiary/aromatic N) is 1. The van der Waals surface area contributed by atoms with Crippen molar-refractivity contribution >= 4 is 34.8 Å². The summed E-state index contributed by atoms with van der Waals surface area (Å²) in [5.41, 5.74) is 2.41. The van der Waals surface area contributed by atoms with E-state index in [0.717, 1.165) is 48.2 Å². The highest BCUT2D eigenvalue weighted by Gasteiger charge is 2.04. The molecule has 0 fully saturated rings. The lowest BCUT2D eigenvalue weighted by atomic mass is 10.1. The van der Waals surface area contributed by atoms with Gasteiger partial charge in [-0.2, -0.15) is 11.8 Å². The van der Waals surface area contributed by atoms with Crippen molar-refractivity contribution in [2.75, 3.05) is 31.7 Å². The standard InChI is InChI=1S/C21H31N3OS2/c1-4-5-6-17-7-9-18(10-8-17)23-21(26)22-13-14-27-16-20-12-11-19(25-20)15-24(2)3/h7-12H,4-6,13-16H2,1-3H3,(H2,22,23,26). The van der Waals surface area contributed by atoms with E-state index in [4.69, 9.17) is 16.6 Å². The molecular weight excluding hydrogens is 374 g/mol. The summed E-state index contributed by atoms with van der Waals surface area (Å²) >= 11 is 7.21. The third kappa shape index (κ3) is 8.82. The first-order valence-corrected chi connectivity index (χ1v) is 11.1. The van der Waals surface area contributed by atoms with E-state index >= 15 is 0 Å². The summed E-state index contributed by atoms with van der Waals surface area (Å²) in [4.78, 5) is 2.10. The number of thioether (sulfide) groups is 1. The smallest absolute Gasteiger partial charge is 0.170 e. The number of furan rings is 1. The topological polar surface area (TPSA) is 40.4 Å². The first kappa shape index (κ1) is 21.8. The summed E-state index contributed by atoms with van der Waals surface area (Å²) in [7, 11) is 4.08. The monoisotopic (exact) mass is 405 g/mol. The highest BCUT2D eigenvalue weighted by Crippen LogP contribution is 2.16. The number of rotatable bonds is 11. The van der Waals surface area contributed by atoms with Crippen LogP contribution in [0.2, 0.25) is 0 Å². The number of benzene rings is 1. The molecule has 2 rings (SSSR count). The van der Waals surface area contributed by atoms with Crippen LogP contribution in [0.4, 0.5) is 5.69 Å². The van der Waals surface area contributed by atoms with Gasteiger partial charge in [-0.15, -0.1) is 0 Å². The van der Waals surface area contributed by atoms with Crippen LogP contribution in [0.5, 0.6) is 0 Å². The van der Waals surface area contributed by atoms with Crippen LogP contribution in [-0.2, 0) is 18.7 Å². The van der Waals surface area contributed by atoms with Gasteiger partial charge in [0.15, 0.2) is 5.11 Å². The molecule has 1 aromatic carbocycles. The summed E-state index contributed by atoms with van der Waals surface area (Å²) in [6, 6.07) is 12.6. The highest BCUT2D eigenvalue weighted by molar-refractivity contribution is 7.98. The Bertz CT molecular complexity index is 683. The SMILES string of the molecule is CCCCc1ccc(NC(=S)NCCSCc2ccc(CN(C)C)o2)cc1. The van der Waals surface area contributed by atoms with Gasteiger partial charge >= 0.3 is 0 Å². The minimum atomic E-state index is 0.670. The number of anilines is 1. The van der Waals surface area contributed by atoms with Crippen molar-refractivity contribution in [2.24, 2.45) is 0 Å². The van der Waals surface area contributed by atoms with Crippen LogP contribution in [0.3, 0.4) is 0 Å². The van der Waals surface area contributed by atoms with Crippen molar-refractivity contribution in [1.29, 1.82) is 0 Å². The van der Waals surface area contributed by atoms with Crippen molar-refractivity contribution in [3.05, 3.63) is 53.5 Å². The third-order valence-corrected chi connectivity index (χ3v) is 5.22. The van der Waals surface area contributed by atoms with E-state index in [9.17, 15) is 0 Å². The predicted octanol–water partition coefficient (Wildman–Crippen LogP) is 4.90. The predicted molar refractivity (Wildman–Crippen MR) is 122 cm³/mol. The van der Waals surface area contributed by atoms with Crippen molar-refractivity contribution in [1.82, 2.24) is 10.2 Å². The zero-order chi connectivity index (χ0) is 19.5. The van der Waals surface area contributed by atoms with Crippen molar-refractivity contribution in [3.63, 3.8) is 0 Å². The molecule has 1 aromatic heterocycles. The van der Waals surface area contributed by atoms with Crippen molar-refractivity contribution in [3.8, 4) is 0 Å². The van der Waals surface area contributed by atoms with Crippen LogP contribution < -0.4 is 10.6 Å². The van der Waals surface area contributed by atoms with Gasteiger partial charge in [0.2, 0.25) is 0 Å². The van der Waals surface area contributed by atoms with Gasteiger partial charge in [0.25, 0.3) is 0 Å². The fourth-order valence-corrected chi connectivity index (χ4v) is 3.58. The Morgan fingerprint density at radius 3 is 2.56 bits per heavy atom. The molecule has 0 radical (unpaired) electrons. The molecule has 2 aromatic rings. The molecular formula is C21H31N3OS2. The van der Waals surface area contributed by atoms with E-state index in [1.165, 1.54) is 18.4 Å². The summed E-state index contributed by atoms with van der Waals surface area (Å²) < 4.78 is 5.81. The summed E-state index contributed by atoms with van der Waals surface area (Å²) in [6.45, 7) is 3.89. The molecule has 0 amide bonds. The maximum atomic E-state index is 5.81. The van der Waals surface area contributed by atoms with E-state index in [1.807, 2.05) is 25.9 Å². The second-order valence-electron chi connectivity index (χ2n) is 6.84. The number of aryl methyl sites for hydroxylation is 1. The van der Waals surface area contributed by atoms with E-state index in [-0.39, 0.29) is 0 Å². The van der Waals surface area contributed by atoms with Crippen LogP contribution in [0.15, 0.2) is 40.8 Å². The maximum absolute atomic E-state index is 5.81. The number of hydrogen-bond acceptors (Lipinski definition) is 4. The van der Waals surface area contributed by atoms with E-state index in [2.05, 4.69) is 58.9 Å². The Morgan fingerprint density at radius 2 is 1.85 bits per heavy atom. The Labute approximate surface area is 173 Å². The number of hydrogen-bond donors (Lipinski definition) is 2. The number of nitrogens with one attached hydrogen (secondary N) is 2. The minimum absolute atomic E-state index is 0.670. The molecule has 148 valence electrons. The first-order valence-electron chi connectivity index (χ1n) is 9.50. The van der Waals surface area contributed by atoms with Crippen LogP contribution in [-0.4, -0.2) is 36.4 Å². The Balaban J connectivity index is 1.59. The van der Waals surface area contributed by atoms with Gasteiger partial charge < -0.3 is 20.0 Å². The molecule has 0 aliphatic carbocycles. The molecule has 0 spiro atoms. The van der Waals surface area contributed by atoms with Crippen molar-refractivity contribution < 1.29 is 4.42 Å². The zero-order valence-electron chi connectivity index (χ0n) is 16.6. The quantitative estimate of drug-likeness (QED) is 0.409. The van der Waals surface area contributed by atoms with Gasteiger partial charge in [0, 0.05) is 18.0 Å². The number of unbranched alkanes of at least 4 members (excludes halogenated alkanes) is 1. The Hall–Kier alpha value is -1.50. The fraction of sp³-hybridized carbons (Fsp3) is 0.476. The molecule has 27 heavy (non-hydrogen) atoms. The highest BCUT2D eigenvalue weighted by atomic mass is 32.2. The lowest BCUT2D eigenvalue weighted by Gasteiger charge is -2.11. The van der Waals surface area contributed by atoms with Crippen LogP contribution in [0, 0.1) is 0 Å². The molecule has 0 saturated carbocycles. The maximum Gasteiger partial charge on any atom is 0.170 e. The van der Waals surface area contributed by atoms with Gasteiger partial charge in [-0.25, -0.2) is 0 Å².